The van der Waals surface area contributed by atoms with Gasteiger partial charge < -0.3 is 4.74 Å². The van der Waals surface area contributed by atoms with Crippen molar-refractivity contribution in [2.75, 3.05) is 6.61 Å². The van der Waals surface area contributed by atoms with Crippen molar-refractivity contribution in [3.05, 3.63) is 0 Å². The van der Waals surface area contributed by atoms with Gasteiger partial charge in [0.25, 0.3) is 0 Å². The van der Waals surface area contributed by atoms with Gasteiger partial charge in [-0.25, -0.2) is 0 Å². The highest BCUT2D eigenvalue weighted by Crippen LogP contribution is 2.38. The molecule has 1 fully saturated rings. The summed E-state index contributed by atoms with van der Waals surface area (Å²) in [5.41, 5.74) is -0.311. The molecule has 0 aromatic carbocycles. The number of hydrogen-bond acceptors (Lipinski definition) is 3. The molecule has 1 N–H and O–H groups in total. The first-order valence-electron chi connectivity index (χ1n) is 6.80. The summed E-state index contributed by atoms with van der Waals surface area (Å²) in [6, 6.07) is 2.89. The third-order valence-electron chi connectivity index (χ3n) is 3.48. The van der Waals surface area contributed by atoms with Crippen LogP contribution in [0.2, 0.25) is 0 Å². The summed E-state index contributed by atoms with van der Waals surface area (Å²) in [5.74, 6) is 0.439. The van der Waals surface area contributed by atoms with E-state index < -0.39 is 0 Å². The predicted octanol–water partition coefficient (Wildman–Crippen LogP) is 2.86. The van der Waals surface area contributed by atoms with Crippen molar-refractivity contribution < 1.29 is 4.74 Å². The van der Waals surface area contributed by atoms with Crippen LogP contribution in [0, 0.1) is 17.2 Å². The van der Waals surface area contributed by atoms with E-state index in [2.05, 4.69) is 39.1 Å². The van der Waals surface area contributed by atoms with Crippen molar-refractivity contribution in [3.8, 4) is 6.07 Å². The zero-order chi connectivity index (χ0) is 12.9. The van der Waals surface area contributed by atoms with Crippen LogP contribution < -0.4 is 5.32 Å². The Morgan fingerprint density at radius 3 is 2.65 bits per heavy atom. The lowest BCUT2D eigenvalue weighted by Gasteiger charge is -2.32. The minimum absolute atomic E-state index is 0.283. The summed E-state index contributed by atoms with van der Waals surface area (Å²) >= 11 is 0. The molecule has 1 aliphatic rings. The maximum Gasteiger partial charge on any atom is 0.109 e. The van der Waals surface area contributed by atoms with E-state index in [4.69, 9.17) is 4.74 Å². The van der Waals surface area contributed by atoms with Crippen molar-refractivity contribution >= 4 is 0 Å². The first kappa shape index (κ1) is 14.5. The average Bonchev–Trinajstić information content (AvgIpc) is 2.61. The standard InChI is InChI=1S/C14H26N2O/c1-11(2)16-14(10-15)8-5-6-13(14)7-9-17-12(3)4/h11-13,16H,5-9H2,1-4H3. The number of hydrogen-bond donors (Lipinski definition) is 1. The molecule has 3 heteroatoms. The van der Waals surface area contributed by atoms with Crippen LogP contribution in [-0.2, 0) is 4.74 Å². The van der Waals surface area contributed by atoms with Crippen molar-refractivity contribution in [1.82, 2.24) is 5.32 Å². The number of rotatable bonds is 6. The van der Waals surface area contributed by atoms with Gasteiger partial charge in [-0.15, -0.1) is 0 Å². The highest BCUT2D eigenvalue weighted by molar-refractivity contribution is 5.14. The molecule has 17 heavy (non-hydrogen) atoms. The maximum atomic E-state index is 9.49. The molecule has 0 aromatic heterocycles. The Bertz CT molecular complexity index is 270. The zero-order valence-electron chi connectivity index (χ0n) is 11.6. The molecule has 98 valence electrons. The monoisotopic (exact) mass is 238 g/mol. The third-order valence-corrected chi connectivity index (χ3v) is 3.48. The van der Waals surface area contributed by atoms with E-state index in [0.717, 1.165) is 32.3 Å². The van der Waals surface area contributed by atoms with E-state index >= 15 is 0 Å². The van der Waals surface area contributed by atoms with Gasteiger partial charge in [-0.3, -0.25) is 5.32 Å². The molecular formula is C14H26N2O. The van der Waals surface area contributed by atoms with Crippen LogP contribution in [0.25, 0.3) is 0 Å². The van der Waals surface area contributed by atoms with Crippen LogP contribution in [0.15, 0.2) is 0 Å². The molecule has 2 atom stereocenters. The first-order chi connectivity index (χ1) is 8.00. The summed E-state index contributed by atoms with van der Waals surface area (Å²) < 4.78 is 5.61. The highest BCUT2D eigenvalue weighted by atomic mass is 16.5. The van der Waals surface area contributed by atoms with Gasteiger partial charge in [0, 0.05) is 12.6 Å². The van der Waals surface area contributed by atoms with Crippen molar-refractivity contribution in [3.63, 3.8) is 0 Å². The van der Waals surface area contributed by atoms with Gasteiger partial charge in [0.1, 0.15) is 5.54 Å². The molecule has 1 aliphatic carbocycles. The Labute approximate surface area is 106 Å². The molecule has 1 saturated carbocycles. The van der Waals surface area contributed by atoms with E-state index in [1.54, 1.807) is 0 Å². The quantitative estimate of drug-likeness (QED) is 0.774. The molecule has 2 unspecified atom stereocenters. The fourth-order valence-corrected chi connectivity index (χ4v) is 2.80. The number of nitrogens with zero attached hydrogens (tertiary/aromatic N) is 1. The normalized spacial score (nSPS) is 28.9. The molecule has 0 aromatic rings. The molecule has 3 nitrogen and oxygen atoms in total. The molecule has 0 heterocycles. The smallest absolute Gasteiger partial charge is 0.109 e. The van der Waals surface area contributed by atoms with Crippen molar-refractivity contribution in [2.24, 2.45) is 5.92 Å². The number of nitriles is 1. The summed E-state index contributed by atoms with van der Waals surface area (Å²) in [6.07, 6.45) is 4.55. The lowest BCUT2D eigenvalue weighted by atomic mass is 9.85. The van der Waals surface area contributed by atoms with E-state index in [1.165, 1.54) is 0 Å². The van der Waals surface area contributed by atoms with E-state index in [-0.39, 0.29) is 11.6 Å². The Hall–Kier alpha value is -0.590. The SMILES string of the molecule is CC(C)NC1(C#N)CCCC1CCOC(C)C. The molecular weight excluding hydrogens is 212 g/mol. The fourth-order valence-electron chi connectivity index (χ4n) is 2.80. The topological polar surface area (TPSA) is 45.0 Å². The largest absolute Gasteiger partial charge is 0.379 e. The van der Waals surface area contributed by atoms with Gasteiger partial charge >= 0.3 is 0 Å². The van der Waals surface area contributed by atoms with Gasteiger partial charge in [0.15, 0.2) is 0 Å². The molecule has 0 aliphatic heterocycles. The van der Waals surface area contributed by atoms with Gasteiger partial charge in [-0.1, -0.05) is 6.42 Å². The average molecular weight is 238 g/mol. The van der Waals surface area contributed by atoms with Crippen LogP contribution in [0.1, 0.15) is 53.4 Å². The summed E-state index contributed by atoms with van der Waals surface area (Å²) in [5, 5.41) is 13.0. The van der Waals surface area contributed by atoms with Gasteiger partial charge in [0.2, 0.25) is 0 Å². The van der Waals surface area contributed by atoms with Gasteiger partial charge in [-0.05, 0) is 52.9 Å². The molecule has 0 saturated heterocycles. The minimum Gasteiger partial charge on any atom is -0.379 e. The fraction of sp³-hybridized carbons (Fsp3) is 0.929. The second-order valence-electron chi connectivity index (χ2n) is 5.68. The van der Waals surface area contributed by atoms with Crippen molar-refractivity contribution in [1.29, 1.82) is 5.26 Å². The Balaban J connectivity index is 2.54. The van der Waals surface area contributed by atoms with Gasteiger partial charge in [0.05, 0.1) is 12.2 Å². The third kappa shape index (κ3) is 3.97. The highest BCUT2D eigenvalue weighted by Gasteiger charge is 2.43. The molecule has 0 amide bonds. The molecule has 0 spiro atoms. The van der Waals surface area contributed by atoms with E-state index in [0.29, 0.717) is 12.0 Å². The minimum atomic E-state index is -0.311. The number of nitrogens with one attached hydrogen (secondary N) is 1. The van der Waals surface area contributed by atoms with E-state index in [9.17, 15) is 5.26 Å². The van der Waals surface area contributed by atoms with Crippen LogP contribution in [-0.4, -0.2) is 24.3 Å². The summed E-state index contributed by atoms with van der Waals surface area (Å²) in [7, 11) is 0. The molecule has 1 rings (SSSR count). The van der Waals surface area contributed by atoms with Crippen molar-refractivity contribution in [2.45, 2.75) is 71.1 Å². The Kier molecular flexibility index (Phi) is 5.42. The molecule has 0 radical (unpaired) electrons. The number of ether oxygens (including phenoxy) is 1. The maximum absolute atomic E-state index is 9.49. The van der Waals surface area contributed by atoms with Crippen LogP contribution >= 0.6 is 0 Å². The lowest BCUT2D eigenvalue weighted by molar-refractivity contribution is 0.0628. The first-order valence-corrected chi connectivity index (χ1v) is 6.80. The second kappa shape index (κ2) is 6.37. The predicted molar refractivity (Wildman–Crippen MR) is 69.7 cm³/mol. The summed E-state index contributed by atoms with van der Waals surface area (Å²) in [6.45, 7) is 9.10. The van der Waals surface area contributed by atoms with Crippen LogP contribution in [0.5, 0.6) is 0 Å². The van der Waals surface area contributed by atoms with Gasteiger partial charge in [-0.2, -0.15) is 5.26 Å². The van der Waals surface area contributed by atoms with E-state index in [1.807, 2.05) is 0 Å². The lowest BCUT2D eigenvalue weighted by Crippen LogP contribution is -2.50. The summed E-state index contributed by atoms with van der Waals surface area (Å²) in [4.78, 5) is 0. The Morgan fingerprint density at radius 1 is 1.41 bits per heavy atom. The zero-order valence-corrected chi connectivity index (χ0v) is 11.6. The van der Waals surface area contributed by atoms with Crippen LogP contribution in [0.3, 0.4) is 0 Å². The molecule has 0 bridgehead atoms. The van der Waals surface area contributed by atoms with Crippen LogP contribution in [0.4, 0.5) is 0 Å². The Morgan fingerprint density at radius 2 is 2.12 bits per heavy atom. The second-order valence-corrected chi connectivity index (χ2v) is 5.68.